The average Bonchev–Trinajstić information content (AvgIpc) is 2.17. The maximum Gasteiger partial charge on any atom is 0.0611 e. The molecule has 1 aromatic carbocycles. The van der Waals surface area contributed by atoms with Crippen LogP contribution in [0.4, 0.5) is 11.4 Å². The lowest BCUT2D eigenvalue weighted by molar-refractivity contribution is 0.590. The van der Waals surface area contributed by atoms with Crippen LogP contribution in [-0.2, 0) is 5.41 Å². The Morgan fingerprint density at radius 1 is 1.00 bits per heavy atom. The normalized spacial score (nSPS) is 11.8. The standard InChI is InChI=1S/C12H20N2S2/c1-12(2,3)7-6-8(15-4)10(14)11(16-5)9(7)13/h6H,13-14H2,1-5H3. The fourth-order valence-electron chi connectivity index (χ4n) is 1.68. The Kier molecular flexibility index (Phi) is 4.07. The smallest absolute Gasteiger partial charge is 0.0611 e. The maximum atomic E-state index is 6.19. The van der Waals surface area contributed by atoms with Gasteiger partial charge in [0.1, 0.15) is 0 Å². The van der Waals surface area contributed by atoms with Crippen LogP contribution >= 0.6 is 23.5 Å². The van der Waals surface area contributed by atoms with Gasteiger partial charge in [-0.3, -0.25) is 0 Å². The van der Waals surface area contributed by atoms with E-state index >= 15 is 0 Å². The van der Waals surface area contributed by atoms with Crippen LogP contribution in [0.2, 0.25) is 0 Å². The molecular formula is C12H20N2S2. The van der Waals surface area contributed by atoms with Crippen molar-refractivity contribution in [3.8, 4) is 0 Å². The van der Waals surface area contributed by atoms with Crippen molar-refractivity contribution in [2.45, 2.75) is 36.0 Å². The lowest BCUT2D eigenvalue weighted by Crippen LogP contribution is -2.15. The highest BCUT2D eigenvalue weighted by atomic mass is 32.2. The zero-order valence-corrected chi connectivity index (χ0v) is 12.2. The molecule has 2 nitrogen and oxygen atoms in total. The second kappa shape index (κ2) is 4.80. The monoisotopic (exact) mass is 256 g/mol. The van der Waals surface area contributed by atoms with Crippen LogP contribution in [0.25, 0.3) is 0 Å². The van der Waals surface area contributed by atoms with Crippen LogP contribution < -0.4 is 11.5 Å². The van der Waals surface area contributed by atoms with E-state index in [1.807, 2.05) is 12.5 Å². The van der Waals surface area contributed by atoms with E-state index in [-0.39, 0.29) is 5.41 Å². The minimum atomic E-state index is 0.0484. The molecule has 0 heterocycles. The third-order valence-corrected chi connectivity index (χ3v) is 4.18. The van der Waals surface area contributed by atoms with Crippen molar-refractivity contribution in [3.05, 3.63) is 11.6 Å². The van der Waals surface area contributed by atoms with E-state index in [4.69, 9.17) is 11.5 Å². The van der Waals surface area contributed by atoms with Crippen molar-refractivity contribution in [3.63, 3.8) is 0 Å². The van der Waals surface area contributed by atoms with E-state index in [1.165, 1.54) is 5.56 Å². The predicted molar refractivity (Wildman–Crippen MR) is 77.5 cm³/mol. The van der Waals surface area contributed by atoms with Gasteiger partial charge in [-0.2, -0.15) is 0 Å². The van der Waals surface area contributed by atoms with Crippen molar-refractivity contribution < 1.29 is 0 Å². The zero-order valence-electron chi connectivity index (χ0n) is 10.5. The average molecular weight is 256 g/mol. The first-order chi connectivity index (χ1) is 7.32. The first-order valence-electron chi connectivity index (χ1n) is 5.13. The molecule has 0 amide bonds. The second-order valence-electron chi connectivity index (χ2n) is 4.74. The van der Waals surface area contributed by atoms with Gasteiger partial charge < -0.3 is 11.5 Å². The number of anilines is 2. The third kappa shape index (κ3) is 2.43. The van der Waals surface area contributed by atoms with Crippen LogP contribution in [0.1, 0.15) is 26.3 Å². The Morgan fingerprint density at radius 2 is 1.56 bits per heavy atom. The van der Waals surface area contributed by atoms with E-state index in [1.54, 1.807) is 23.5 Å². The molecule has 0 bridgehead atoms. The summed E-state index contributed by atoms with van der Waals surface area (Å²) in [7, 11) is 0. The summed E-state index contributed by atoms with van der Waals surface area (Å²) in [4.78, 5) is 2.13. The molecular weight excluding hydrogens is 236 g/mol. The summed E-state index contributed by atoms with van der Waals surface area (Å²) in [6.07, 6.45) is 4.05. The summed E-state index contributed by atoms with van der Waals surface area (Å²) in [6.45, 7) is 6.51. The Morgan fingerprint density at radius 3 is 1.94 bits per heavy atom. The number of benzene rings is 1. The highest BCUT2D eigenvalue weighted by Crippen LogP contribution is 2.42. The van der Waals surface area contributed by atoms with Gasteiger partial charge in [0.2, 0.25) is 0 Å². The molecule has 0 unspecified atom stereocenters. The number of thioether (sulfide) groups is 2. The quantitative estimate of drug-likeness (QED) is 0.627. The summed E-state index contributed by atoms with van der Waals surface area (Å²) in [6, 6.07) is 2.12. The van der Waals surface area contributed by atoms with Gasteiger partial charge in [0, 0.05) is 4.90 Å². The van der Waals surface area contributed by atoms with Crippen molar-refractivity contribution in [2.24, 2.45) is 0 Å². The summed E-state index contributed by atoms with van der Waals surface area (Å²) < 4.78 is 0. The van der Waals surface area contributed by atoms with Crippen LogP contribution in [-0.4, -0.2) is 12.5 Å². The van der Waals surface area contributed by atoms with Crippen LogP contribution in [0.15, 0.2) is 15.9 Å². The number of nitrogen functional groups attached to an aromatic ring is 2. The number of nitrogens with two attached hydrogens (primary N) is 2. The molecule has 1 rings (SSSR count). The fourth-order valence-corrected chi connectivity index (χ4v) is 2.96. The minimum Gasteiger partial charge on any atom is -0.398 e. The first-order valence-corrected chi connectivity index (χ1v) is 7.58. The van der Waals surface area contributed by atoms with Gasteiger partial charge in [-0.05, 0) is 29.6 Å². The molecule has 16 heavy (non-hydrogen) atoms. The molecule has 0 aromatic heterocycles. The lowest BCUT2D eigenvalue weighted by Gasteiger charge is -2.25. The fraction of sp³-hybridized carbons (Fsp3) is 0.500. The van der Waals surface area contributed by atoms with Crippen LogP contribution in [0, 0.1) is 0 Å². The van der Waals surface area contributed by atoms with Gasteiger partial charge in [-0.15, -0.1) is 23.5 Å². The molecule has 0 aliphatic rings. The van der Waals surface area contributed by atoms with Gasteiger partial charge in [0.05, 0.1) is 16.3 Å². The number of rotatable bonds is 2. The molecule has 0 aliphatic carbocycles. The van der Waals surface area contributed by atoms with Crippen molar-refractivity contribution in [1.82, 2.24) is 0 Å². The third-order valence-electron chi connectivity index (χ3n) is 2.55. The molecule has 90 valence electrons. The molecule has 1 aromatic rings. The van der Waals surface area contributed by atoms with Crippen LogP contribution in [0.3, 0.4) is 0 Å². The van der Waals surface area contributed by atoms with E-state index < -0.39 is 0 Å². The topological polar surface area (TPSA) is 52.0 Å². The van der Waals surface area contributed by atoms with E-state index in [9.17, 15) is 0 Å². The number of hydrogen-bond acceptors (Lipinski definition) is 4. The van der Waals surface area contributed by atoms with E-state index in [0.29, 0.717) is 0 Å². The van der Waals surface area contributed by atoms with Gasteiger partial charge in [-0.25, -0.2) is 0 Å². The van der Waals surface area contributed by atoms with Crippen molar-refractivity contribution >= 4 is 34.9 Å². The maximum absolute atomic E-state index is 6.19. The summed E-state index contributed by atoms with van der Waals surface area (Å²) >= 11 is 3.29. The van der Waals surface area contributed by atoms with Gasteiger partial charge >= 0.3 is 0 Å². The van der Waals surface area contributed by atoms with E-state index in [2.05, 4.69) is 26.8 Å². The molecule has 4 N–H and O–H groups in total. The first kappa shape index (κ1) is 13.6. The second-order valence-corrected chi connectivity index (χ2v) is 6.40. The Hall–Kier alpha value is -0.480. The van der Waals surface area contributed by atoms with Crippen LogP contribution in [0.5, 0.6) is 0 Å². The Bertz CT molecular complexity index is 395. The molecule has 0 fully saturated rings. The summed E-state index contributed by atoms with van der Waals surface area (Å²) in [5, 5.41) is 0. The Balaban J connectivity index is 3.53. The highest BCUT2D eigenvalue weighted by Gasteiger charge is 2.22. The molecule has 0 atom stereocenters. The highest BCUT2D eigenvalue weighted by molar-refractivity contribution is 7.99. The Labute approximate surface area is 107 Å². The van der Waals surface area contributed by atoms with Crippen molar-refractivity contribution in [1.29, 1.82) is 0 Å². The van der Waals surface area contributed by atoms with Crippen molar-refractivity contribution in [2.75, 3.05) is 24.0 Å². The van der Waals surface area contributed by atoms with Gasteiger partial charge in [-0.1, -0.05) is 20.8 Å². The lowest BCUT2D eigenvalue weighted by atomic mass is 9.85. The molecule has 0 spiro atoms. The largest absolute Gasteiger partial charge is 0.398 e. The van der Waals surface area contributed by atoms with Gasteiger partial charge in [0.15, 0.2) is 0 Å². The van der Waals surface area contributed by atoms with E-state index in [0.717, 1.165) is 21.2 Å². The SMILES string of the molecule is CSc1cc(C(C)(C)C)c(N)c(SC)c1N. The molecule has 0 saturated carbocycles. The summed E-state index contributed by atoms with van der Waals surface area (Å²) in [5.74, 6) is 0. The van der Waals surface area contributed by atoms with Gasteiger partial charge in [0.25, 0.3) is 0 Å². The summed E-state index contributed by atoms with van der Waals surface area (Å²) in [5.41, 5.74) is 15.2. The molecule has 0 aliphatic heterocycles. The molecule has 0 radical (unpaired) electrons. The number of hydrogen-bond donors (Lipinski definition) is 2. The molecule has 0 saturated heterocycles. The zero-order chi connectivity index (χ0) is 12.5. The predicted octanol–water partition coefficient (Wildman–Crippen LogP) is 3.59. The molecule has 4 heteroatoms. The minimum absolute atomic E-state index is 0.0484.